The molecule has 0 radical (unpaired) electrons. The highest BCUT2D eigenvalue weighted by Gasteiger charge is 2.44. The van der Waals surface area contributed by atoms with Gasteiger partial charge in [-0.15, -0.1) is 0 Å². The number of nitrogens with zero attached hydrogens (tertiary/aromatic N) is 2. The van der Waals surface area contributed by atoms with Crippen molar-refractivity contribution in [3.63, 3.8) is 0 Å². The number of allylic oxidation sites excluding steroid dienone is 5. The van der Waals surface area contributed by atoms with Crippen molar-refractivity contribution < 1.29 is 17.6 Å². The minimum absolute atomic E-state index is 0.238. The van der Waals surface area contributed by atoms with E-state index < -0.39 is 46.6 Å². The second-order valence-corrected chi connectivity index (χ2v) is 8.25. The molecule has 0 spiro atoms. The standard InChI is InChI=1S/C21H25F4N3/c1-5-6-28-15-8-21(3,4)7-12(13(15)9-26)14(10-27)16-19(24)17(22)11(2)18(23)20(16)25/h13,15,17,19,28H,5-8H2,1-4H3/b14-12+. The van der Waals surface area contributed by atoms with Crippen LogP contribution in [0.5, 0.6) is 0 Å². The van der Waals surface area contributed by atoms with Gasteiger partial charge in [0.1, 0.15) is 0 Å². The van der Waals surface area contributed by atoms with Crippen molar-refractivity contribution in [2.24, 2.45) is 11.3 Å². The lowest BCUT2D eigenvalue weighted by Crippen LogP contribution is -2.45. The monoisotopic (exact) mass is 395 g/mol. The van der Waals surface area contributed by atoms with E-state index in [2.05, 4.69) is 11.4 Å². The molecule has 1 N–H and O–H groups in total. The minimum atomic E-state index is -2.49. The molecule has 2 aliphatic carbocycles. The molecule has 4 unspecified atom stereocenters. The number of rotatable bonds is 4. The average Bonchev–Trinajstić information content (AvgIpc) is 2.65. The summed E-state index contributed by atoms with van der Waals surface area (Å²) in [6.45, 7) is 7.44. The highest BCUT2D eigenvalue weighted by atomic mass is 19.2. The van der Waals surface area contributed by atoms with E-state index >= 15 is 0 Å². The summed E-state index contributed by atoms with van der Waals surface area (Å²) in [5, 5.41) is 22.7. The number of nitrogens with one attached hydrogen (secondary N) is 1. The predicted molar refractivity (Wildman–Crippen MR) is 98.6 cm³/mol. The van der Waals surface area contributed by atoms with Gasteiger partial charge in [-0.25, -0.2) is 17.6 Å². The van der Waals surface area contributed by atoms with Gasteiger partial charge in [-0.2, -0.15) is 10.5 Å². The number of alkyl halides is 2. The van der Waals surface area contributed by atoms with Gasteiger partial charge in [0.05, 0.1) is 23.6 Å². The first kappa shape index (κ1) is 22.2. The Morgan fingerprint density at radius 3 is 2.36 bits per heavy atom. The number of nitriles is 2. The molecule has 152 valence electrons. The first-order valence-electron chi connectivity index (χ1n) is 9.40. The molecule has 0 aromatic heterocycles. The van der Waals surface area contributed by atoms with Crippen LogP contribution >= 0.6 is 0 Å². The number of hydrogen-bond acceptors (Lipinski definition) is 3. The van der Waals surface area contributed by atoms with Crippen LogP contribution in [0.4, 0.5) is 17.6 Å². The lowest BCUT2D eigenvalue weighted by atomic mass is 9.66. The van der Waals surface area contributed by atoms with Gasteiger partial charge in [-0.1, -0.05) is 20.8 Å². The summed E-state index contributed by atoms with van der Waals surface area (Å²) in [6, 6.07) is 3.55. The van der Waals surface area contributed by atoms with Crippen molar-refractivity contribution >= 4 is 0 Å². The molecule has 1 saturated carbocycles. The molecule has 0 heterocycles. The zero-order valence-electron chi connectivity index (χ0n) is 16.5. The summed E-state index contributed by atoms with van der Waals surface area (Å²) in [5.74, 6) is -3.84. The maximum absolute atomic E-state index is 14.7. The van der Waals surface area contributed by atoms with E-state index in [1.54, 1.807) is 6.07 Å². The van der Waals surface area contributed by atoms with Crippen LogP contribution < -0.4 is 5.32 Å². The van der Waals surface area contributed by atoms with E-state index in [0.717, 1.165) is 13.3 Å². The summed E-state index contributed by atoms with van der Waals surface area (Å²) in [6.07, 6.45) is -3.17. The summed E-state index contributed by atoms with van der Waals surface area (Å²) >= 11 is 0. The molecule has 3 nitrogen and oxygen atoms in total. The molecular formula is C21H25F4N3. The third-order valence-electron chi connectivity index (χ3n) is 5.44. The average molecular weight is 395 g/mol. The molecule has 2 rings (SSSR count). The van der Waals surface area contributed by atoms with Gasteiger partial charge in [0.25, 0.3) is 0 Å². The van der Waals surface area contributed by atoms with Crippen molar-refractivity contribution in [2.45, 2.75) is 65.3 Å². The second kappa shape index (κ2) is 8.49. The van der Waals surface area contributed by atoms with Crippen molar-refractivity contribution in [2.75, 3.05) is 6.54 Å². The lowest BCUT2D eigenvalue weighted by Gasteiger charge is -2.41. The van der Waals surface area contributed by atoms with E-state index in [-0.39, 0.29) is 23.5 Å². The van der Waals surface area contributed by atoms with Gasteiger partial charge in [-0.3, -0.25) is 0 Å². The maximum Gasteiger partial charge on any atom is 0.166 e. The van der Waals surface area contributed by atoms with Crippen molar-refractivity contribution in [1.29, 1.82) is 10.5 Å². The first-order valence-corrected chi connectivity index (χ1v) is 9.40. The molecule has 0 bridgehead atoms. The summed E-state index contributed by atoms with van der Waals surface area (Å²) < 4.78 is 57.6. The second-order valence-electron chi connectivity index (χ2n) is 8.25. The highest BCUT2D eigenvalue weighted by Crippen LogP contribution is 2.47. The lowest BCUT2D eigenvalue weighted by molar-refractivity contribution is 0.205. The van der Waals surface area contributed by atoms with E-state index in [0.29, 0.717) is 13.0 Å². The van der Waals surface area contributed by atoms with E-state index in [1.807, 2.05) is 20.8 Å². The van der Waals surface area contributed by atoms with Crippen LogP contribution in [0.15, 0.2) is 33.9 Å². The van der Waals surface area contributed by atoms with Crippen LogP contribution in [0.1, 0.15) is 47.0 Å². The molecule has 28 heavy (non-hydrogen) atoms. The maximum atomic E-state index is 14.7. The molecule has 0 aromatic rings. The van der Waals surface area contributed by atoms with Gasteiger partial charge in [0, 0.05) is 17.2 Å². The zero-order chi connectivity index (χ0) is 21.2. The Labute approximate surface area is 163 Å². The van der Waals surface area contributed by atoms with Gasteiger partial charge in [0.15, 0.2) is 24.0 Å². The van der Waals surface area contributed by atoms with Gasteiger partial charge in [0.2, 0.25) is 0 Å². The van der Waals surface area contributed by atoms with E-state index in [4.69, 9.17) is 0 Å². The topological polar surface area (TPSA) is 59.6 Å². The van der Waals surface area contributed by atoms with Crippen LogP contribution in [0.2, 0.25) is 0 Å². The third kappa shape index (κ3) is 4.00. The molecule has 0 amide bonds. The third-order valence-corrected chi connectivity index (χ3v) is 5.44. The summed E-state index contributed by atoms with van der Waals surface area (Å²) in [5.41, 5.74) is -2.15. The largest absolute Gasteiger partial charge is 0.312 e. The molecule has 0 aliphatic heterocycles. The Bertz CT molecular complexity index is 810. The normalized spacial score (nSPS) is 32.1. The van der Waals surface area contributed by atoms with Gasteiger partial charge < -0.3 is 5.32 Å². The van der Waals surface area contributed by atoms with Crippen LogP contribution in [-0.4, -0.2) is 24.9 Å². The molecule has 2 aliphatic rings. The van der Waals surface area contributed by atoms with Crippen molar-refractivity contribution in [1.82, 2.24) is 5.32 Å². The summed E-state index contributed by atoms with van der Waals surface area (Å²) in [7, 11) is 0. The minimum Gasteiger partial charge on any atom is -0.312 e. The molecule has 7 heteroatoms. The molecular weight excluding hydrogens is 370 g/mol. The van der Waals surface area contributed by atoms with Crippen LogP contribution in [0.3, 0.4) is 0 Å². The Balaban J connectivity index is 2.69. The molecule has 4 atom stereocenters. The zero-order valence-corrected chi connectivity index (χ0v) is 16.5. The first-order chi connectivity index (χ1) is 13.1. The fraction of sp³-hybridized carbons (Fsp3) is 0.619. The van der Waals surface area contributed by atoms with Crippen molar-refractivity contribution in [3.8, 4) is 12.1 Å². The van der Waals surface area contributed by atoms with E-state index in [9.17, 15) is 28.1 Å². The molecule has 1 fully saturated rings. The SMILES string of the molecule is CCCNC1CC(C)(C)C/C(=C(/C#N)C2=C(F)C(F)=C(C)C(F)C2F)C1C#N. The van der Waals surface area contributed by atoms with Crippen LogP contribution in [0, 0.1) is 34.0 Å². The highest BCUT2D eigenvalue weighted by molar-refractivity contribution is 5.57. The van der Waals surface area contributed by atoms with E-state index in [1.165, 1.54) is 0 Å². The number of halogens is 4. The van der Waals surface area contributed by atoms with Crippen LogP contribution in [0.25, 0.3) is 0 Å². The van der Waals surface area contributed by atoms with Crippen LogP contribution in [-0.2, 0) is 0 Å². The Kier molecular flexibility index (Phi) is 6.72. The molecule has 0 saturated heterocycles. The predicted octanol–water partition coefficient (Wildman–Crippen LogP) is 5.29. The van der Waals surface area contributed by atoms with Crippen molar-refractivity contribution in [3.05, 3.63) is 33.9 Å². The summed E-state index contributed by atoms with van der Waals surface area (Å²) in [4.78, 5) is 0. The van der Waals surface area contributed by atoms with Gasteiger partial charge in [-0.05, 0) is 43.7 Å². The fourth-order valence-corrected chi connectivity index (χ4v) is 4.04. The Hall–Kier alpha value is -2.12. The fourth-order valence-electron chi connectivity index (χ4n) is 4.04. The number of hydrogen-bond donors (Lipinski definition) is 1. The Morgan fingerprint density at radius 2 is 1.82 bits per heavy atom. The molecule has 0 aromatic carbocycles. The smallest absolute Gasteiger partial charge is 0.166 e. The van der Waals surface area contributed by atoms with Gasteiger partial charge >= 0.3 is 0 Å². The Morgan fingerprint density at radius 1 is 1.18 bits per heavy atom. The quantitative estimate of drug-likeness (QED) is 0.520.